The number of rotatable bonds is 1. The van der Waals surface area contributed by atoms with Crippen LogP contribution >= 0.6 is 22.6 Å². The summed E-state index contributed by atoms with van der Waals surface area (Å²) in [6, 6.07) is 0. The summed E-state index contributed by atoms with van der Waals surface area (Å²) in [7, 11) is 0. The van der Waals surface area contributed by atoms with Gasteiger partial charge in [-0.3, -0.25) is 9.59 Å². The van der Waals surface area contributed by atoms with Gasteiger partial charge in [0.1, 0.15) is 5.92 Å². The van der Waals surface area contributed by atoms with Crippen LogP contribution in [0.3, 0.4) is 0 Å². The number of hydrogen-bond donors (Lipinski definition) is 2. The quantitative estimate of drug-likeness (QED) is 0.543. The van der Waals surface area contributed by atoms with Crippen LogP contribution in [0.15, 0.2) is 9.28 Å². The van der Waals surface area contributed by atoms with Gasteiger partial charge >= 0.3 is 5.97 Å². The van der Waals surface area contributed by atoms with E-state index in [9.17, 15) is 9.59 Å². The van der Waals surface area contributed by atoms with E-state index in [2.05, 4.69) is 5.32 Å². The van der Waals surface area contributed by atoms with E-state index in [0.717, 1.165) is 5.70 Å². The highest BCUT2D eigenvalue weighted by molar-refractivity contribution is 14.1. The van der Waals surface area contributed by atoms with Crippen LogP contribution in [-0.2, 0) is 9.59 Å². The molecule has 1 aliphatic heterocycles. The van der Waals surface area contributed by atoms with E-state index in [4.69, 9.17) is 5.11 Å². The number of carbonyl (C=O) groups excluding carboxylic acids is 1. The Kier molecular flexibility index (Phi) is 2.71. The fraction of sp³-hybridized carbons (Fsp3) is 0.429. The summed E-state index contributed by atoms with van der Waals surface area (Å²) in [5, 5.41) is 11.5. The summed E-state index contributed by atoms with van der Waals surface area (Å²) < 4.78 is 0.492. The molecule has 5 heteroatoms. The molecule has 0 aromatic carbocycles. The molecule has 0 aromatic rings. The first-order valence-electron chi connectivity index (χ1n) is 3.41. The first-order valence-corrected chi connectivity index (χ1v) is 4.49. The minimum Gasteiger partial charge on any atom is -0.481 e. The van der Waals surface area contributed by atoms with Crippen LogP contribution < -0.4 is 5.32 Å². The van der Waals surface area contributed by atoms with Crippen LogP contribution in [0.5, 0.6) is 0 Å². The second kappa shape index (κ2) is 3.42. The molecule has 1 unspecified atom stereocenters. The third kappa shape index (κ3) is 1.60. The van der Waals surface area contributed by atoms with Crippen molar-refractivity contribution in [3.05, 3.63) is 9.28 Å². The fourth-order valence-corrected chi connectivity index (χ4v) is 1.53. The van der Waals surface area contributed by atoms with Crippen molar-refractivity contribution < 1.29 is 14.7 Å². The Labute approximate surface area is 83.2 Å². The van der Waals surface area contributed by atoms with E-state index in [1.54, 1.807) is 6.92 Å². The minimum atomic E-state index is -1.06. The zero-order valence-corrected chi connectivity index (χ0v) is 8.58. The monoisotopic (exact) mass is 281 g/mol. The minimum absolute atomic E-state index is 0.201. The van der Waals surface area contributed by atoms with Crippen molar-refractivity contribution in [2.45, 2.75) is 6.92 Å². The molecule has 0 saturated heterocycles. The largest absolute Gasteiger partial charge is 0.481 e. The molecule has 12 heavy (non-hydrogen) atoms. The number of carboxylic acid groups (broad SMARTS) is 1. The van der Waals surface area contributed by atoms with Crippen LogP contribution in [0.2, 0.25) is 0 Å². The van der Waals surface area contributed by atoms with Gasteiger partial charge < -0.3 is 10.4 Å². The number of carboxylic acids is 1. The number of ketones is 1. The molecule has 0 aromatic heterocycles. The van der Waals surface area contributed by atoms with Gasteiger partial charge in [-0.25, -0.2) is 0 Å². The number of Topliss-reactive ketones (excluding diaryl/α,β-unsaturated/α-hetero) is 1. The Morgan fingerprint density at radius 1 is 1.75 bits per heavy atom. The van der Waals surface area contributed by atoms with Crippen LogP contribution in [-0.4, -0.2) is 23.4 Å². The lowest BCUT2D eigenvalue weighted by Gasteiger charge is -2.20. The highest BCUT2D eigenvalue weighted by atomic mass is 127. The fourth-order valence-electron chi connectivity index (χ4n) is 0.963. The van der Waals surface area contributed by atoms with Gasteiger partial charge in [-0.15, -0.1) is 0 Å². The average Bonchev–Trinajstić information content (AvgIpc) is 2.00. The number of carbonyl (C=O) groups is 2. The highest BCUT2D eigenvalue weighted by Crippen LogP contribution is 2.21. The van der Waals surface area contributed by atoms with E-state index in [-0.39, 0.29) is 12.3 Å². The average molecular weight is 281 g/mol. The van der Waals surface area contributed by atoms with Crippen molar-refractivity contribution >= 4 is 34.3 Å². The van der Waals surface area contributed by atoms with Crippen molar-refractivity contribution in [2.24, 2.45) is 5.92 Å². The summed E-state index contributed by atoms with van der Waals surface area (Å²) in [6.07, 6.45) is 0. The maximum absolute atomic E-state index is 11.3. The standard InChI is InChI=1S/C7H8INO3/c1-3-5(8)6(10)4(2-9-3)7(11)12/h4,9H,2H2,1H3,(H,11,12). The molecule has 1 aliphatic rings. The molecule has 0 aliphatic carbocycles. The Balaban J connectivity index is 2.91. The van der Waals surface area contributed by atoms with Gasteiger partial charge in [-0.1, -0.05) is 0 Å². The van der Waals surface area contributed by atoms with Gasteiger partial charge in [0, 0.05) is 12.2 Å². The van der Waals surface area contributed by atoms with Crippen LogP contribution in [0.1, 0.15) is 6.92 Å². The van der Waals surface area contributed by atoms with Gasteiger partial charge in [0.15, 0.2) is 5.78 Å². The number of aliphatic carboxylic acids is 1. The van der Waals surface area contributed by atoms with E-state index in [1.165, 1.54) is 0 Å². The topological polar surface area (TPSA) is 66.4 Å². The third-order valence-electron chi connectivity index (χ3n) is 1.73. The van der Waals surface area contributed by atoms with E-state index < -0.39 is 11.9 Å². The van der Waals surface area contributed by atoms with Gasteiger partial charge in [0.2, 0.25) is 0 Å². The van der Waals surface area contributed by atoms with Crippen molar-refractivity contribution in [2.75, 3.05) is 6.54 Å². The van der Waals surface area contributed by atoms with Gasteiger partial charge in [-0.05, 0) is 29.5 Å². The normalized spacial score (nSPS) is 23.8. The maximum Gasteiger partial charge on any atom is 0.316 e. The highest BCUT2D eigenvalue weighted by Gasteiger charge is 2.31. The zero-order valence-electron chi connectivity index (χ0n) is 6.43. The third-order valence-corrected chi connectivity index (χ3v) is 3.07. The number of allylic oxidation sites excluding steroid dienone is 2. The summed E-state index contributed by atoms with van der Waals surface area (Å²) in [6.45, 7) is 1.96. The molecular formula is C7H8INO3. The lowest BCUT2D eigenvalue weighted by Crippen LogP contribution is -2.38. The van der Waals surface area contributed by atoms with Crippen molar-refractivity contribution in [3.8, 4) is 0 Å². The number of hydrogen-bond acceptors (Lipinski definition) is 3. The summed E-state index contributed by atoms with van der Waals surface area (Å²) in [5.41, 5.74) is 0.762. The van der Waals surface area contributed by atoms with Crippen LogP contribution in [0.25, 0.3) is 0 Å². The van der Waals surface area contributed by atoms with Gasteiger partial charge in [0.05, 0.1) is 3.58 Å². The molecular weight excluding hydrogens is 273 g/mol. The SMILES string of the molecule is CC1=C(I)C(=O)C(C(=O)O)CN1. The smallest absolute Gasteiger partial charge is 0.316 e. The lowest BCUT2D eigenvalue weighted by molar-refractivity contribution is -0.145. The van der Waals surface area contributed by atoms with E-state index in [1.807, 2.05) is 22.6 Å². The molecule has 4 nitrogen and oxygen atoms in total. The molecule has 1 rings (SSSR count). The van der Waals surface area contributed by atoms with Crippen molar-refractivity contribution in [1.82, 2.24) is 5.32 Å². The second-order valence-electron chi connectivity index (χ2n) is 2.57. The van der Waals surface area contributed by atoms with Crippen molar-refractivity contribution in [1.29, 1.82) is 0 Å². The van der Waals surface area contributed by atoms with Crippen LogP contribution in [0.4, 0.5) is 0 Å². The van der Waals surface area contributed by atoms with E-state index >= 15 is 0 Å². The Bertz CT molecular complexity index is 272. The van der Waals surface area contributed by atoms with E-state index in [0.29, 0.717) is 3.58 Å². The molecule has 0 fully saturated rings. The second-order valence-corrected chi connectivity index (χ2v) is 3.65. The molecule has 1 heterocycles. The Morgan fingerprint density at radius 2 is 2.33 bits per heavy atom. The first-order chi connectivity index (χ1) is 5.54. The molecule has 0 spiro atoms. The number of nitrogens with one attached hydrogen (secondary N) is 1. The summed E-state index contributed by atoms with van der Waals surface area (Å²) in [4.78, 5) is 21.8. The first kappa shape index (κ1) is 9.50. The predicted octanol–water partition coefficient (Wildman–Crippen LogP) is 0.526. The maximum atomic E-state index is 11.3. The molecule has 0 amide bonds. The van der Waals surface area contributed by atoms with Gasteiger partial charge in [0.25, 0.3) is 0 Å². The summed E-state index contributed by atoms with van der Waals surface area (Å²) in [5.74, 6) is -2.27. The Morgan fingerprint density at radius 3 is 2.83 bits per heavy atom. The molecule has 0 bridgehead atoms. The number of halogens is 1. The Hall–Kier alpha value is -0.590. The predicted molar refractivity (Wildman–Crippen MR) is 50.9 cm³/mol. The lowest BCUT2D eigenvalue weighted by atomic mass is 10.0. The molecule has 66 valence electrons. The molecule has 2 N–H and O–H groups in total. The molecule has 1 atom stereocenters. The van der Waals surface area contributed by atoms with Crippen molar-refractivity contribution in [3.63, 3.8) is 0 Å². The van der Waals surface area contributed by atoms with Crippen LogP contribution in [0, 0.1) is 5.92 Å². The zero-order chi connectivity index (χ0) is 9.30. The molecule has 0 radical (unpaired) electrons. The summed E-state index contributed by atoms with van der Waals surface area (Å²) >= 11 is 1.86. The van der Waals surface area contributed by atoms with Gasteiger partial charge in [-0.2, -0.15) is 0 Å². The molecule has 0 saturated carbocycles.